The number of benzene rings is 2. The fraction of sp³-hybridized carbons (Fsp3) is 0.136. The summed E-state index contributed by atoms with van der Waals surface area (Å²) >= 11 is 0. The first kappa shape index (κ1) is 19.1. The summed E-state index contributed by atoms with van der Waals surface area (Å²) in [6, 6.07) is 17.8. The maximum atomic E-state index is 12.3. The van der Waals surface area contributed by atoms with Crippen molar-refractivity contribution in [3.8, 4) is 5.75 Å². The number of carbonyl (C=O) groups is 2. The molecular weight excluding hydrogens is 354 g/mol. The molecule has 1 heterocycles. The highest BCUT2D eigenvalue weighted by molar-refractivity contribution is 6.04. The Bertz CT molecular complexity index is 950. The number of ether oxygens (including phenoxy) is 1. The van der Waals surface area contributed by atoms with Crippen LogP contribution < -0.4 is 19.9 Å². The first-order valence-corrected chi connectivity index (χ1v) is 8.84. The Balaban J connectivity index is 1.56. The van der Waals surface area contributed by atoms with Gasteiger partial charge in [0.1, 0.15) is 5.75 Å². The molecule has 0 fully saturated rings. The number of amides is 2. The number of hydrogen-bond donors (Lipinski definition) is 2. The smallest absolute Gasteiger partial charge is 0.290 e. The average Bonchev–Trinajstić information content (AvgIpc) is 2.71. The largest absolute Gasteiger partial charge is 0.497 e. The third kappa shape index (κ3) is 5.17. The standard InChI is InChI=1S/C22H21N3O3/c1-16-11-13-25(14-12-16)15-21(26)23-18-5-3-17(4-6-18)22(27)24-19-7-9-20(28-2)10-8-19/h3-14H,15H2,1-2H3,(H-,23,24,26,27)/p+1. The molecule has 0 bridgehead atoms. The minimum atomic E-state index is -0.224. The molecule has 0 spiro atoms. The van der Waals surface area contributed by atoms with Crippen LogP contribution in [0.15, 0.2) is 73.1 Å². The summed E-state index contributed by atoms with van der Waals surface area (Å²) in [6.07, 6.45) is 3.73. The van der Waals surface area contributed by atoms with Gasteiger partial charge in [0.2, 0.25) is 6.54 Å². The first-order valence-electron chi connectivity index (χ1n) is 8.84. The molecule has 3 rings (SSSR count). The topological polar surface area (TPSA) is 71.3 Å². The van der Waals surface area contributed by atoms with Crippen LogP contribution in [0.2, 0.25) is 0 Å². The van der Waals surface area contributed by atoms with Crippen LogP contribution in [0.3, 0.4) is 0 Å². The van der Waals surface area contributed by atoms with Crippen molar-refractivity contribution in [3.63, 3.8) is 0 Å². The van der Waals surface area contributed by atoms with E-state index in [1.165, 1.54) is 0 Å². The molecule has 0 radical (unpaired) electrons. The SMILES string of the molecule is COc1ccc(NC(=O)c2ccc(NC(=O)C[n+]3ccc(C)cc3)cc2)cc1. The molecule has 3 aromatic rings. The maximum absolute atomic E-state index is 12.3. The number of carbonyl (C=O) groups excluding carboxylic acids is 2. The van der Waals surface area contributed by atoms with E-state index >= 15 is 0 Å². The second kappa shape index (κ2) is 8.81. The van der Waals surface area contributed by atoms with Gasteiger partial charge < -0.3 is 15.4 Å². The second-order valence-electron chi connectivity index (χ2n) is 6.36. The van der Waals surface area contributed by atoms with Crippen LogP contribution in [0.25, 0.3) is 0 Å². The number of anilines is 2. The van der Waals surface area contributed by atoms with Gasteiger partial charge in [-0.3, -0.25) is 9.59 Å². The number of nitrogens with one attached hydrogen (secondary N) is 2. The van der Waals surface area contributed by atoms with E-state index in [4.69, 9.17) is 4.74 Å². The van der Waals surface area contributed by atoms with E-state index in [-0.39, 0.29) is 18.4 Å². The van der Waals surface area contributed by atoms with Crippen molar-refractivity contribution in [2.45, 2.75) is 13.5 Å². The van der Waals surface area contributed by atoms with Crippen LogP contribution in [0.5, 0.6) is 5.75 Å². The van der Waals surface area contributed by atoms with E-state index in [1.54, 1.807) is 60.2 Å². The molecule has 2 aromatic carbocycles. The molecule has 2 amide bonds. The fourth-order valence-corrected chi connectivity index (χ4v) is 2.59. The predicted octanol–water partition coefficient (Wildman–Crippen LogP) is 3.18. The van der Waals surface area contributed by atoms with Crippen molar-refractivity contribution in [2.24, 2.45) is 0 Å². The molecule has 0 aliphatic rings. The Hall–Kier alpha value is -3.67. The molecule has 28 heavy (non-hydrogen) atoms. The Morgan fingerprint density at radius 2 is 1.43 bits per heavy atom. The van der Waals surface area contributed by atoms with Gasteiger partial charge in [0.25, 0.3) is 11.8 Å². The van der Waals surface area contributed by atoms with Gasteiger partial charge in [0, 0.05) is 29.1 Å². The number of aryl methyl sites for hydroxylation is 1. The van der Waals surface area contributed by atoms with Crippen LogP contribution in [-0.2, 0) is 11.3 Å². The average molecular weight is 376 g/mol. The third-order valence-corrected chi connectivity index (χ3v) is 4.16. The molecule has 0 aliphatic carbocycles. The van der Waals surface area contributed by atoms with Gasteiger partial charge in [0.15, 0.2) is 12.4 Å². The van der Waals surface area contributed by atoms with E-state index < -0.39 is 0 Å². The van der Waals surface area contributed by atoms with Crippen LogP contribution in [0.4, 0.5) is 11.4 Å². The number of aromatic nitrogens is 1. The Morgan fingerprint density at radius 3 is 2.04 bits per heavy atom. The van der Waals surface area contributed by atoms with E-state index in [9.17, 15) is 9.59 Å². The highest BCUT2D eigenvalue weighted by Gasteiger charge is 2.11. The quantitative estimate of drug-likeness (QED) is 0.649. The highest BCUT2D eigenvalue weighted by atomic mass is 16.5. The molecule has 6 heteroatoms. The van der Waals surface area contributed by atoms with Crippen LogP contribution in [-0.4, -0.2) is 18.9 Å². The van der Waals surface area contributed by atoms with Gasteiger partial charge in [-0.05, 0) is 61.0 Å². The lowest BCUT2D eigenvalue weighted by Crippen LogP contribution is -2.39. The monoisotopic (exact) mass is 376 g/mol. The molecule has 6 nitrogen and oxygen atoms in total. The van der Waals surface area contributed by atoms with E-state index in [0.29, 0.717) is 16.9 Å². The summed E-state index contributed by atoms with van der Waals surface area (Å²) in [5, 5.41) is 5.65. The fourth-order valence-electron chi connectivity index (χ4n) is 2.59. The summed E-state index contributed by atoms with van der Waals surface area (Å²) in [7, 11) is 1.59. The van der Waals surface area contributed by atoms with Crippen molar-refractivity contribution in [1.29, 1.82) is 0 Å². The summed E-state index contributed by atoms with van der Waals surface area (Å²) < 4.78 is 6.90. The molecule has 1 aromatic heterocycles. The molecule has 142 valence electrons. The van der Waals surface area contributed by atoms with Gasteiger partial charge in [-0.15, -0.1) is 0 Å². The van der Waals surface area contributed by atoms with E-state index in [2.05, 4.69) is 10.6 Å². The lowest BCUT2D eigenvalue weighted by Gasteiger charge is -2.08. The normalized spacial score (nSPS) is 10.2. The Morgan fingerprint density at radius 1 is 0.857 bits per heavy atom. The molecule has 0 unspecified atom stereocenters. The van der Waals surface area contributed by atoms with E-state index in [0.717, 1.165) is 11.3 Å². The summed E-state index contributed by atoms with van der Waals surface area (Å²) in [5.41, 5.74) is 2.96. The maximum Gasteiger partial charge on any atom is 0.290 e. The number of hydrogen-bond acceptors (Lipinski definition) is 3. The van der Waals surface area contributed by atoms with E-state index in [1.807, 2.05) is 31.5 Å². The van der Waals surface area contributed by atoms with Crippen molar-refractivity contribution in [3.05, 3.63) is 84.2 Å². The summed E-state index contributed by atoms with van der Waals surface area (Å²) in [5.74, 6) is 0.365. The van der Waals surface area contributed by atoms with Crippen LogP contribution >= 0.6 is 0 Å². The molecule has 0 saturated carbocycles. The van der Waals surface area contributed by atoms with Gasteiger partial charge in [-0.25, -0.2) is 0 Å². The molecule has 0 aliphatic heterocycles. The van der Waals surface area contributed by atoms with Gasteiger partial charge in [-0.2, -0.15) is 4.57 Å². The predicted molar refractivity (Wildman–Crippen MR) is 107 cm³/mol. The van der Waals surface area contributed by atoms with Crippen molar-refractivity contribution < 1.29 is 18.9 Å². The second-order valence-corrected chi connectivity index (χ2v) is 6.36. The minimum Gasteiger partial charge on any atom is -0.497 e. The molecule has 0 atom stereocenters. The third-order valence-electron chi connectivity index (χ3n) is 4.16. The lowest BCUT2D eigenvalue weighted by atomic mass is 10.2. The van der Waals surface area contributed by atoms with Crippen molar-refractivity contribution >= 4 is 23.2 Å². The minimum absolute atomic E-state index is 0.135. The number of rotatable bonds is 6. The number of pyridine rings is 1. The first-order chi connectivity index (χ1) is 13.5. The highest BCUT2D eigenvalue weighted by Crippen LogP contribution is 2.16. The molecular formula is C22H22N3O3+. The Labute approximate surface area is 163 Å². The van der Waals surface area contributed by atoms with Gasteiger partial charge >= 0.3 is 0 Å². The molecule has 2 N–H and O–H groups in total. The number of nitrogens with zero attached hydrogens (tertiary/aromatic N) is 1. The summed E-state index contributed by atoms with van der Waals surface area (Å²) in [4.78, 5) is 24.5. The van der Waals surface area contributed by atoms with Gasteiger partial charge in [-0.1, -0.05) is 0 Å². The summed E-state index contributed by atoms with van der Waals surface area (Å²) in [6.45, 7) is 2.22. The Kier molecular flexibility index (Phi) is 6.01. The van der Waals surface area contributed by atoms with Gasteiger partial charge in [0.05, 0.1) is 7.11 Å². The molecule has 0 saturated heterocycles. The van der Waals surface area contributed by atoms with Crippen LogP contribution in [0, 0.1) is 6.92 Å². The van der Waals surface area contributed by atoms with Crippen molar-refractivity contribution in [1.82, 2.24) is 0 Å². The number of methoxy groups -OCH3 is 1. The zero-order valence-corrected chi connectivity index (χ0v) is 15.8. The zero-order chi connectivity index (χ0) is 19.9. The zero-order valence-electron chi connectivity index (χ0n) is 15.8. The lowest BCUT2D eigenvalue weighted by molar-refractivity contribution is -0.684. The van der Waals surface area contributed by atoms with Crippen LogP contribution in [0.1, 0.15) is 15.9 Å². The van der Waals surface area contributed by atoms with Crippen molar-refractivity contribution in [2.75, 3.05) is 17.7 Å².